The Morgan fingerprint density at radius 1 is 0.970 bits per heavy atom. The maximum atomic E-state index is 5.97. The molecule has 7 nitrogen and oxygen atoms in total. The number of aryl methyl sites for hydroxylation is 1. The van der Waals surface area contributed by atoms with Gasteiger partial charge in [0.1, 0.15) is 11.5 Å². The summed E-state index contributed by atoms with van der Waals surface area (Å²) in [5, 5.41) is 0. The van der Waals surface area contributed by atoms with Crippen LogP contribution in [0.15, 0.2) is 24.5 Å². The Morgan fingerprint density at radius 2 is 1.73 bits per heavy atom. The third-order valence-corrected chi connectivity index (χ3v) is 6.85. The molecule has 2 aliphatic rings. The zero-order valence-electron chi connectivity index (χ0n) is 20.0. The van der Waals surface area contributed by atoms with Crippen molar-refractivity contribution in [2.24, 2.45) is 0 Å². The fourth-order valence-corrected chi connectivity index (χ4v) is 5.25. The van der Waals surface area contributed by atoms with Crippen LogP contribution in [0.5, 0.6) is 11.5 Å². The molecule has 174 valence electrons. The molecular formula is C26H32N4O3. The second kappa shape index (κ2) is 9.06. The summed E-state index contributed by atoms with van der Waals surface area (Å²) in [6, 6.07) is 4.09. The summed E-state index contributed by atoms with van der Waals surface area (Å²) in [7, 11) is 3.42. The van der Waals surface area contributed by atoms with Crippen molar-refractivity contribution in [1.82, 2.24) is 14.5 Å². The molecule has 0 aliphatic carbocycles. The minimum atomic E-state index is 0.525. The van der Waals surface area contributed by atoms with Gasteiger partial charge < -0.3 is 23.7 Å². The third-order valence-electron chi connectivity index (χ3n) is 6.85. The molecule has 3 aromatic rings. The Labute approximate surface area is 195 Å². The highest BCUT2D eigenvalue weighted by Crippen LogP contribution is 2.47. The highest BCUT2D eigenvalue weighted by Gasteiger charge is 2.30. The van der Waals surface area contributed by atoms with Crippen molar-refractivity contribution < 1.29 is 14.2 Å². The lowest BCUT2D eigenvalue weighted by Crippen LogP contribution is -2.20. The summed E-state index contributed by atoms with van der Waals surface area (Å²) in [6.07, 6.45) is 7.28. The van der Waals surface area contributed by atoms with E-state index in [0.29, 0.717) is 13.2 Å². The highest BCUT2D eigenvalue weighted by molar-refractivity contribution is 5.85. The second-order valence-corrected chi connectivity index (χ2v) is 8.66. The lowest BCUT2D eigenvalue weighted by Gasteiger charge is -2.24. The summed E-state index contributed by atoms with van der Waals surface area (Å²) < 4.78 is 19.7. The molecular weight excluding hydrogens is 416 g/mol. The molecule has 33 heavy (non-hydrogen) atoms. The largest absolute Gasteiger partial charge is 0.497 e. The van der Waals surface area contributed by atoms with Crippen molar-refractivity contribution >= 4 is 5.95 Å². The normalized spacial score (nSPS) is 14.8. The lowest BCUT2D eigenvalue weighted by molar-refractivity contribution is 0.134. The van der Waals surface area contributed by atoms with Crippen LogP contribution in [0.2, 0.25) is 0 Å². The molecule has 2 aromatic heterocycles. The van der Waals surface area contributed by atoms with Crippen molar-refractivity contribution in [2.75, 3.05) is 38.8 Å². The van der Waals surface area contributed by atoms with E-state index in [-0.39, 0.29) is 0 Å². The highest BCUT2D eigenvalue weighted by atomic mass is 16.5. The van der Waals surface area contributed by atoms with E-state index in [4.69, 9.17) is 24.2 Å². The van der Waals surface area contributed by atoms with Crippen molar-refractivity contribution in [1.29, 1.82) is 0 Å². The predicted molar refractivity (Wildman–Crippen MR) is 129 cm³/mol. The number of fused-ring (bicyclic) bond motifs is 3. The number of benzene rings is 1. The Kier molecular flexibility index (Phi) is 5.98. The molecule has 0 saturated carbocycles. The van der Waals surface area contributed by atoms with Crippen LogP contribution in [-0.2, 0) is 24.3 Å². The molecule has 1 saturated heterocycles. The van der Waals surface area contributed by atoms with Crippen molar-refractivity contribution in [2.45, 2.75) is 46.3 Å². The van der Waals surface area contributed by atoms with E-state index in [1.165, 1.54) is 29.8 Å². The van der Waals surface area contributed by atoms with Gasteiger partial charge in [-0.2, -0.15) is 0 Å². The summed E-state index contributed by atoms with van der Waals surface area (Å²) in [5.74, 6) is 2.47. The number of hydrogen-bond acceptors (Lipinski definition) is 6. The van der Waals surface area contributed by atoms with E-state index >= 15 is 0 Å². The molecule has 7 heteroatoms. The van der Waals surface area contributed by atoms with Gasteiger partial charge in [-0.05, 0) is 44.7 Å². The van der Waals surface area contributed by atoms with Gasteiger partial charge in [-0.15, -0.1) is 0 Å². The number of methoxy groups -OCH3 is 2. The van der Waals surface area contributed by atoms with E-state index in [0.717, 1.165) is 65.8 Å². The van der Waals surface area contributed by atoms with Gasteiger partial charge in [-0.3, -0.25) is 0 Å². The monoisotopic (exact) mass is 448 g/mol. The van der Waals surface area contributed by atoms with Crippen molar-refractivity contribution in [3.63, 3.8) is 0 Å². The lowest BCUT2D eigenvalue weighted by atomic mass is 9.93. The topological polar surface area (TPSA) is 61.6 Å². The maximum absolute atomic E-state index is 5.97. The predicted octanol–water partition coefficient (Wildman–Crippen LogP) is 4.63. The molecule has 1 aromatic carbocycles. The quantitative estimate of drug-likeness (QED) is 0.525. The third kappa shape index (κ3) is 3.74. The molecule has 1 fully saturated rings. The van der Waals surface area contributed by atoms with Gasteiger partial charge in [0.2, 0.25) is 5.95 Å². The van der Waals surface area contributed by atoms with Crippen LogP contribution in [0.1, 0.15) is 36.6 Å². The van der Waals surface area contributed by atoms with Crippen LogP contribution >= 0.6 is 0 Å². The number of nitrogens with zero attached hydrogens (tertiary/aromatic N) is 4. The first kappa shape index (κ1) is 21.8. The van der Waals surface area contributed by atoms with Gasteiger partial charge in [0.15, 0.2) is 0 Å². The van der Waals surface area contributed by atoms with Gasteiger partial charge in [-0.25, -0.2) is 9.97 Å². The first-order valence-corrected chi connectivity index (χ1v) is 11.8. The van der Waals surface area contributed by atoms with E-state index in [1.54, 1.807) is 14.2 Å². The fraction of sp³-hybridized carbons (Fsp3) is 0.462. The summed E-state index contributed by atoms with van der Waals surface area (Å²) in [4.78, 5) is 11.7. The standard InChI is InChI=1S/C26H32N4O3/c1-5-33-16-21-23(19-14-27-26(28-15-19)29-9-6-7-10-29)17(2)30-11-8-18-12-20(31-3)13-22(32-4)24(18)25(21)30/h12-15H,5-11,16H2,1-4H3. The fourth-order valence-electron chi connectivity index (χ4n) is 5.25. The van der Waals surface area contributed by atoms with E-state index < -0.39 is 0 Å². The number of anilines is 1. The smallest absolute Gasteiger partial charge is 0.225 e. The average Bonchev–Trinajstić information content (AvgIpc) is 3.49. The minimum absolute atomic E-state index is 0.525. The molecule has 0 bridgehead atoms. The van der Waals surface area contributed by atoms with Crippen LogP contribution in [0.4, 0.5) is 5.95 Å². The van der Waals surface area contributed by atoms with E-state index in [1.807, 2.05) is 25.4 Å². The Morgan fingerprint density at radius 3 is 2.39 bits per heavy atom. The maximum Gasteiger partial charge on any atom is 0.225 e. The summed E-state index contributed by atoms with van der Waals surface area (Å²) in [6.45, 7) is 8.36. The Balaban J connectivity index is 1.66. The first-order valence-electron chi connectivity index (χ1n) is 11.8. The van der Waals surface area contributed by atoms with Crippen LogP contribution < -0.4 is 14.4 Å². The van der Waals surface area contributed by atoms with Crippen LogP contribution in [-0.4, -0.2) is 48.5 Å². The van der Waals surface area contributed by atoms with Gasteiger partial charge in [0.25, 0.3) is 0 Å². The van der Waals surface area contributed by atoms with E-state index in [9.17, 15) is 0 Å². The number of aromatic nitrogens is 3. The van der Waals surface area contributed by atoms with Crippen LogP contribution in [0.3, 0.4) is 0 Å². The summed E-state index contributed by atoms with van der Waals surface area (Å²) >= 11 is 0. The molecule has 0 unspecified atom stereocenters. The van der Waals surface area contributed by atoms with Gasteiger partial charge in [0.05, 0.1) is 26.5 Å². The molecule has 4 heterocycles. The summed E-state index contributed by atoms with van der Waals surface area (Å²) in [5.41, 5.74) is 8.10. The molecule has 5 rings (SSSR count). The Hall–Kier alpha value is -3.06. The molecule has 2 aliphatic heterocycles. The zero-order chi connectivity index (χ0) is 22.9. The number of hydrogen-bond donors (Lipinski definition) is 0. The minimum Gasteiger partial charge on any atom is -0.497 e. The average molecular weight is 449 g/mol. The van der Waals surface area contributed by atoms with Gasteiger partial charge >= 0.3 is 0 Å². The SMILES string of the molecule is CCOCc1c(-c2cnc(N3CCCC3)nc2)c(C)n2c1-c1c(cc(OC)cc1OC)CC2. The molecule has 0 atom stereocenters. The number of ether oxygens (including phenoxy) is 3. The first-order chi connectivity index (χ1) is 16.2. The molecule has 0 spiro atoms. The van der Waals surface area contributed by atoms with E-state index in [2.05, 4.69) is 22.5 Å². The van der Waals surface area contributed by atoms with Crippen molar-refractivity contribution in [3.8, 4) is 33.9 Å². The number of rotatable bonds is 7. The molecule has 0 N–H and O–H groups in total. The van der Waals surface area contributed by atoms with Crippen LogP contribution in [0.25, 0.3) is 22.4 Å². The Bertz CT molecular complexity index is 1130. The van der Waals surface area contributed by atoms with Crippen LogP contribution in [0, 0.1) is 6.92 Å². The van der Waals surface area contributed by atoms with Gasteiger partial charge in [-0.1, -0.05) is 0 Å². The molecule has 0 radical (unpaired) electrons. The zero-order valence-corrected chi connectivity index (χ0v) is 20.0. The molecule has 0 amide bonds. The van der Waals surface area contributed by atoms with Gasteiger partial charge in [0, 0.05) is 72.6 Å². The van der Waals surface area contributed by atoms with Crippen molar-refractivity contribution in [3.05, 3.63) is 41.3 Å². The second-order valence-electron chi connectivity index (χ2n) is 8.66.